The molecule has 0 radical (unpaired) electrons. The second kappa shape index (κ2) is 7.17. The van der Waals surface area contributed by atoms with Gasteiger partial charge in [0.1, 0.15) is 0 Å². The standard InChI is InChI=1S/C10H26N4/c1-11(2)7-8-14(9-12(3)4)10-13(5)6/h7-10H2,1-6H3. The number of hydrogen-bond donors (Lipinski definition) is 0. The molecule has 14 heavy (non-hydrogen) atoms. The third kappa shape index (κ3) is 8.44. The molecule has 0 aliphatic rings. The Balaban J connectivity index is 3.84. The van der Waals surface area contributed by atoms with Gasteiger partial charge in [-0.25, -0.2) is 0 Å². The monoisotopic (exact) mass is 202 g/mol. The summed E-state index contributed by atoms with van der Waals surface area (Å²) in [4.78, 5) is 9.07. The fraction of sp³-hybridized carbons (Fsp3) is 1.00. The summed E-state index contributed by atoms with van der Waals surface area (Å²) in [5.74, 6) is 0. The van der Waals surface area contributed by atoms with Crippen molar-refractivity contribution in [3.63, 3.8) is 0 Å². The Morgan fingerprint density at radius 2 is 1.00 bits per heavy atom. The van der Waals surface area contributed by atoms with E-state index in [4.69, 9.17) is 0 Å². The predicted molar refractivity (Wildman–Crippen MR) is 62.4 cm³/mol. The molecule has 0 amide bonds. The fourth-order valence-electron chi connectivity index (χ4n) is 1.33. The Morgan fingerprint density at radius 3 is 1.29 bits per heavy atom. The maximum Gasteiger partial charge on any atom is 0.0513 e. The SMILES string of the molecule is CN(C)CCN(CN(C)C)CN(C)C. The summed E-state index contributed by atoms with van der Waals surface area (Å²) in [6, 6.07) is 0. The molecule has 0 N–H and O–H groups in total. The molecule has 0 aromatic heterocycles. The molecule has 0 aliphatic carbocycles. The van der Waals surface area contributed by atoms with Crippen molar-refractivity contribution < 1.29 is 0 Å². The van der Waals surface area contributed by atoms with Gasteiger partial charge in [0.2, 0.25) is 0 Å². The van der Waals surface area contributed by atoms with Gasteiger partial charge < -0.3 is 4.90 Å². The number of likely N-dealkylation sites (N-methyl/N-ethyl adjacent to an activating group) is 1. The first-order valence-corrected chi connectivity index (χ1v) is 5.08. The highest BCUT2D eigenvalue weighted by molar-refractivity contribution is 4.57. The maximum atomic E-state index is 2.43. The maximum absolute atomic E-state index is 2.43. The van der Waals surface area contributed by atoms with E-state index in [0.29, 0.717) is 0 Å². The van der Waals surface area contributed by atoms with Crippen molar-refractivity contribution in [1.29, 1.82) is 0 Å². The van der Waals surface area contributed by atoms with E-state index in [9.17, 15) is 0 Å². The molecule has 0 atom stereocenters. The van der Waals surface area contributed by atoms with Gasteiger partial charge in [0, 0.05) is 13.1 Å². The van der Waals surface area contributed by atoms with Crippen LogP contribution < -0.4 is 0 Å². The van der Waals surface area contributed by atoms with Crippen molar-refractivity contribution in [2.24, 2.45) is 0 Å². The van der Waals surface area contributed by atoms with Gasteiger partial charge in [-0.2, -0.15) is 0 Å². The van der Waals surface area contributed by atoms with E-state index in [-0.39, 0.29) is 0 Å². The largest absolute Gasteiger partial charge is 0.308 e. The molecule has 0 aromatic carbocycles. The minimum Gasteiger partial charge on any atom is -0.308 e. The van der Waals surface area contributed by atoms with Crippen molar-refractivity contribution in [1.82, 2.24) is 19.6 Å². The second-order valence-corrected chi connectivity index (χ2v) is 4.64. The normalized spacial score (nSPS) is 12.4. The zero-order chi connectivity index (χ0) is 11.1. The lowest BCUT2D eigenvalue weighted by Crippen LogP contribution is -2.42. The van der Waals surface area contributed by atoms with Crippen LogP contribution in [0, 0.1) is 0 Å². The summed E-state index contributed by atoms with van der Waals surface area (Å²) in [6.45, 7) is 4.27. The van der Waals surface area contributed by atoms with Crippen LogP contribution in [0.2, 0.25) is 0 Å². The van der Waals surface area contributed by atoms with Gasteiger partial charge >= 0.3 is 0 Å². The third-order valence-electron chi connectivity index (χ3n) is 1.83. The van der Waals surface area contributed by atoms with Gasteiger partial charge in [-0.3, -0.25) is 14.7 Å². The molecular formula is C10H26N4. The molecule has 0 heterocycles. The molecule has 0 rings (SSSR count). The lowest BCUT2D eigenvalue weighted by Gasteiger charge is -2.29. The molecular weight excluding hydrogens is 176 g/mol. The quantitative estimate of drug-likeness (QED) is 0.534. The van der Waals surface area contributed by atoms with Gasteiger partial charge in [-0.05, 0) is 42.3 Å². The molecule has 0 spiro atoms. The Kier molecular flexibility index (Phi) is 7.09. The summed E-state index contributed by atoms with van der Waals surface area (Å²) in [5, 5.41) is 0. The minimum absolute atomic E-state index is 1.02. The molecule has 4 heteroatoms. The average Bonchev–Trinajstić information content (AvgIpc) is 1.97. The first-order valence-electron chi connectivity index (χ1n) is 5.08. The van der Waals surface area contributed by atoms with E-state index in [1.54, 1.807) is 0 Å². The molecule has 0 saturated heterocycles. The zero-order valence-electron chi connectivity index (χ0n) is 10.6. The topological polar surface area (TPSA) is 13.0 Å². The van der Waals surface area contributed by atoms with E-state index in [1.807, 2.05) is 0 Å². The van der Waals surface area contributed by atoms with Crippen molar-refractivity contribution in [2.45, 2.75) is 0 Å². The molecule has 0 fully saturated rings. The Morgan fingerprint density at radius 1 is 0.571 bits per heavy atom. The number of rotatable bonds is 7. The lowest BCUT2D eigenvalue weighted by molar-refractivity contribution is 0.110. The van der Waals surface area contributed by atoms with Crippen LogP contribution >= 0.6 is 0 Å². The van der Waals surface area contributed by atoms with E-state index in [1.165, 1.54) is 0 Å². The highest BCUT2D eigenvalue weighted by Gasteiger charge is 2.06. The lowest BCUT2D eigenvalue weighted by atomic mass is 10.5. The fourth-order valence-corrected chi connectivity index (χ4v) is 1.33. The summed E-state index contributed by atoms with van der Waals surface area (Å²) in [7, 11) is 12.7. The zero-order valence-corrected chi connectivity index (χ0v) is 10.6. The highest BCUT2D eigenvalue weighted by atomic mass is 15.4. The van der Waals surface area contributed by atoms with E-state index in [0.717, 1.165) is 26.4 Å². The van der Waals surface area contributed by atoms with Gasteiger partial charge in [-0.15, -0.1) is 0 Å². The molecule has 0 unspecified atom stereocenters. The first kappa shape index (κ1) is 13.8. The smallest absolute Gasteiger partial charge is 0.0513 e. The first-order chi connectivity index (χ1) is 6.41. The van der Waals surface area contributed by atoms with Crippen LogP contribution in [0.3, 0.4) is 0 Å². The van der Waals surface area contributed by atoms with E-state index < -0.39 is 0 Å². The van der Waals surface area contributed by atoms with Crippen LogP contribution in [0.4, 0.5) is 0 Å². The van der Waals surface area contributed by atoms with Crippen LogP contribution in [0.15, 0.2) is 0 Å². The van der Waals surface area contributed by atoms with Crippen molar-refractivity contribution in [3.05, 3.63) is 0 Å². The molecule has 0 aromatic rings. The van der Waals surface area contributed by atoms with Crippen LogP contribution in [0.5, 0.6) is 0 Å². The van der Waals surface area contributed by atoms with Crippen LogP contribution in [0.25, 0.3) is 0 Å². The van der Waals surface area contributed by atoms with E-state index >= 15 is 0 Å². The second-order valence-electron chi connectivity index (χ2n) is 4.64. The predicted octanol–water partition coefficient (Wildman–Crippen LogP) is -0.112. The average molecular weight is 202 g/mol. The Hall–Kier alpha value is -0.160. The van der Waals surface area contributed by atoms with Gasteiger partial charge in [0.25, 0.3) is 0 Å². The Labute approximate surface area is 89.1 Å². The third-order valence-corrected chi connectivity index (χ3v) is 1.83. The summed E-state index contributed by atoms with van der Waals surface area (Å²) in [5.41, 5.74) is 0. The van der Waals surface area contributed by atoms with Crippen molar-refractivity contribution >= 4 is 0 Å². The molecule has 0 saturated carbocycles. The Bertz CT molecular complexity index is 124. The van der Waals surface area contributed by atoms with Crippen LogP contribution in [-0.2, 0) is 0 Å². The van der Waals surface area contributed by atoms with Crippen LogP contribution in [-0.4, -0.2) is 88.3 Å². The number of hydrogen-bond acceptors (Lipinski definition) is 4. The summed E-state index contributed by atoms with van der Waals surface area (Å²) < 4.78 is 0. The molecule has 0 aliphatic heterocycles. The molecule has 86 valence electrons. The van der Waals surface area contributed by atoms with Gasteiger partial charge in [0.15, 0.2) is 0 Å². The summed E-state index contributed by atoms with van der Waals surface area (Å²) in [6.07, 6.45) is 0. The van der Waals surface area contributed by atoms with Gasteiger partial charge in [-0.1, -0.05) is 0 Å². The highest BCUT2D eigenvalue weighted by Crippen LogP contribution is 1.92. The van der Waals surface area contributed by atoms with Crippen LogP contribution in [0.1, 0.15) is 0 Å². The molecule has 4 nitrogen and oxygen atoms in total. The van der Waals surface area contributed by atoms with Crippen molar-refractivity contribution in [2.75, 3.05) is 68.7 Å². The number of nitrogens with zero attached hydrogens (tertiary/aromatic N) is 4. The molecule has 0 bridgehead atoms. The van der Waals surface area contributed by atoms with Gasteiger partial charge in [0.05, 0.1) is 13.3 Å². The van der Waals surface area contributed by atoms with E-state index in [2.05, 4.69) is 61.9 Å². The summed E-state index contributed by atoms with van der Waals surface area (Å²) >= 11 is 0. The minimum atomic E-state index is 1.02. The van der Waals surface area contributed by atoms with Crippen molar-refractivity contribution in [3.8, 4) is 0 Å².